The highest BCUT2D eigenvalue weighted by molar-refractivity contribution is 6.28. The number of rotatable bonds is 4. The molecule has 5 nitrogen and oxygen atoms in total. The van der Waals surface area contributed by atoms with Gasteiger partial charge in [-0.3, -0.25) is 4.79 Å². The van der Waals surface area contributed by atoms with Crippen molar-refractivity contribution >= 4 is 23.3 Å². The number of amides is 1. The van der Waals surface area contributed by atoms with Crippen molar-refractivity contribution in [3.05, 3.63) is 17.0 Å². The van der Waals surface area contributed by atoms with E-state index in [1.165, 1.54) is 0 Å². The summed E-state index contributed by atoms with van der Waals surface area (Å²) in [7, 11) is 0. The van der Waals surface area contributed by atoms with Gasteiger partial charge in [-0.05, 0) is 39.3 Å². The first kappa shape index (κ1) is 14.7. The third-order valence-corrected chi connectivity index (χ3v) is 2.17. The molecule has 1 amide bonds. The lowest BCUT2D eigenvalue weighted by Gasteiger charge is -2.20. The van der Waals surface area contributed by atoms with Crippen LogP contribution in [-0.4, -0.2) is 28.0 Å². The van der Waals surface area contributed by atoms with Crippen LogP contribution in [-0.2, 0) is 4.79 Å². The molecule has 0 atom stereocenters. The van der Waals surface area contributed by atoms with Crippen molar-refractivity contribution in [3.63, 3.8) is 0 Å². The molecule has 0 aliphatic heterocycles. The van der Waals surface area contributed by atoms with Gasteiger partial charge < -0.3 is 10.6 Å². The fourth-order valence-corrected chi connectivity index (χ4v) is 1.63. The van der Waals surface area contributed by atoms with Gasteiger partial charge in [-0.25, -0.2) is 9.97 Å². The third-order valence-electron chi connectivity index (χ3n) is 2.00. The van der Waals surface area contributed by atoms with Crippen LogP contribution in [0.1, 0.15) is 32.9 Å². The Kier molecular flexibility index (Phi) is 4.90. The van der Waals surface area contributed by atoms with Crippen LogP contribution in [0.4, 0.5) is 5.82 Å². The van der Waals surface area contributed by atoms with Crippen molar-refractivity contribution in [2.24, 2.45) is 0 Å². The van der Waals surface area contributed by atoms with E-state index in [0.29, 0.717) is 18.8 Å². The van der Waals surface area contributed by atoms with Crippen molar-refractivity contribution in [1.82, 2.24) is 15.3 Å². The van der Waals surface area contributed by atoms with Crippen LogP contribution in [0.25, 0.3) is 0 Å². The van der Waals surface area contributed by atoms with Gasteiger partial charge in [0.25, 0.3) is 0 Å². The molecule has 18 heavy (non-hydrogen) atoms. The molecule has 0 radical (unpaired) electrons. The summed E-state index contributed by atoms with van der Waals surface area (Å²) in [5, 5.41) is 6.14. The van der Waals surface area contributed by atoms with E-state index in [1.807, 2.05) is 27.7 Å². The minimum absolute atomic E-state index is 0.00637. The lowest BCUT2D eigenvalue weighted by Crippen LogP contribution is -2.41. The van der Waals surface area contributed by atoms with Gasteiger partial charge in [0.05, 0.1) is 0 Å². The first-order valence-corrected chi connectivity index (χ1v) is 6.20. The van der Waals surface area contributed by atoms with Gasteiger partial charge in [0, 0.05) is 30.3 Å². The van der Waals surface area contributed by atoms with Gasteiger partial charge >= 0.3 is 0 Å². The normalized spacial score (nSPS) is 11.2. The van der Waals surface area contributed by atoms with Gasteiger partial charge in [-0.2, -0.15) is 0 Å². The predicted octanol–water partition coefficient (Wildman–Crippen LogP) is 2.16. The fourth-order valence-electron chi connectivity index (χ4n) is 1.41. The van der Waals surface area contributed by atoms with Gasteiger partial charge in [0.2, 0.25) is 11.2 Å². The summed E-state index contributed by atoms with van der Waals surface area (Å²) in [6, 6.07) is 1.79. The predicted molar refractivity (Wildman–Crippen MR) is 72.8 cm³/mol. The summed E-state index contributed by atoms with van der Waals surface area (Å²) < 4.78 is 0. The first-order valence-electron chi connectivity index (χ1n) is 5.82. The van der Waals surface area contributed by atoms with E-state index in [0.717, 1.165) is 5.69 Å². The average Bonchev–Trinajstić information content (AvgIpc) is 2.12. The zero-order chi connectivity index (χ0) is 13.8. The van der Waals surface area contributed by atoms with Crippen LogP contribution >= 0.6 is 11.6 Å². The highest BCUT2D eigenvalue weighted by atomic mass is 35.5. The van der Waals surface area contributed by atoms with Crippen LogP contribution < -0.4 is 10.6 Å². The minimum atomic E-state index is -0.202. The molecule has 0 aliphatic rings. The monoisotopic (exact) mass is 270 g/mol. The Hall–Kier alpha value is -1.36. The van der Waals surface area contributed by atoms with E-state index in [2.05, 4.69) is 20.6 Å². The highest BCUT2D eigenvalue weighted by Gasteiger charge is 2.13. The third kappa shape index (κ3) is 5.82. The summed E-state index contributed by atoms with van der Waals surface area (Å²) >= 11 is 5.74. The van der Waals surface area contributed by atoms with E-state index < -0.39 is 0 Å². The number of nitrogens with zero attached hydrogens (tertiary/aromatic N) is 2. The second kappa shape index (κ2) is 6.00. The van der Waals surface area contributed by atoms with Crippen molar-refractivity contribution in [3.8, 4) is 0 Å². The molecule has 0 aliphatic carbocycles. The number of carbonyl (C=O) groups is 1. The van der Waals surface area contributed by atoms with E-state index >= 15 is 0 Å². The molecule has 0 unspecified atom stereocenters. The Morgan fingerprint density at radius 3 is 2.61 bits per heavy atom. The summed E-state index contributed by atoms with van der Waals surface area (Å²) in [5.74, 6) is 0.642. The summed E-state index contributed by atoms with van der Waals surface area (Å²) in [6.07, 6.45) is 0.387. The van der Waals surface area contributed by atoms with Crippen molar-refractivity contribution in [2.75, 3.05) is 11.9 Å². The van der Waals surface area contributed by atoms with Crippen LogP contribution in [0, 0.1) is 6.92 Å². The Balaban J connectivity index is 2.40. The maximum Gasteiger partial charge on any atom is 0.224 e. The number of anilines is 1. The molecule has 0 spiro atoms. The SMILES string of the molecule is Cc1cc(NCCC(=O)NC(C)(C)C)nc(Cl)n1. The number of aryl methyl sites for hydroxylation is 1. The van der Waals surface area contributed by atoms with Gasteiger partial charge in [0.15, 0.2) is 0 Å². The van der Waals surface area contributed by atoms with E-state index in [-0.39, 0.29) is 16.7 Å². The number of carbonyl (C=O) groups excluding carboxylic acids is 1. The molecule has 0 saturated heterocycles. The molecule has 0 bridgehead atoms. The van der Waals surface area contributed by atoms with E-state index in [4.69, 9.17) is 11.6 Å². The van der Waals surface area contributed by atoms with Gasteiger partial charge in [0.1, 0.15) is 5.82 Å². The van der Waals surface area contributed by atoms with Crippen LogP contribution in [0.15, 0.2) is 6.07 Å². The van der Waals surface area contributed by atoms with Crippen LogP contribution in [0.3, 0.4) is 0 Å². The standard InChI is InChI=1S/C12H19ClN4O/c1-8-7-9(16-11(13)15-8)14-6-5-10(18)17-12(2,3)4/h7H,5-6H2,1-4H3,(H,17,18)(H,14,15,16). The molecule has 2 N–H and O–H groups in total. The highest BCUT2D eigenvalue weighted by Crippen LogP contribution is 2.09. The number of halogens is 1. The Morgan fingerprint density at radius 1 is 1.39 bits per heavy atom. The molecular weight excluding hydrogens is 252 g/mol. The molecular formula is C12H19ClN4O. The van der Waals surface area contributed by atoms with Gasteiger partial charge in [-0.15, -0.1) is 0 Å². The van der Waals surface area contributed by atoms with Crippen LogP contribution in [0.5, 0.6) is 0 Å². The second-order valence-corrected chi connectivity index (χ2v) is 5.48. The zero-order valence-corrected chi connectivity index (χ0v) is 11.9. The fraction of sp³-hybridized carbons (Fsp3) is 0.583. The molecule has 0 saturated carbocycles. The zero-order valence-electron chi connectivity index (χ0n) is 11.2. The molecule has 0 fully saturated rings. The smallest absolute Gasteiger partial charge is 0.224 e. The number of hydrogen-bond donors (Lipinski definition) is 2. The Labute approximate surface area is 112 Å². The van der Waals surface area contributed by atoms with Crippen LogP contribution in [0.2, 0.25) is 5.28 Å². The van der Waals surface area contributed by atoms with E-state index in [9.17, 15) is 4.79 Å². The van der Waals surface area contributed by atoms with Crippen molar-refractivity contribution in [2.45, 2.75) is 39.7 Å². The number of nitrogens with one attached hydrogen (secondary N) is 2. The molecule has 6 heteroatoms. The quantitative estimate of drug-likeness (QED) is 0.823. The first-order chi connectivity index (χ1) is 8.26. The Bertz CT molecular complexity index is 408. The molecule has 1 heterocycles. The maximum atomic E-state index is 11.6. The average molecular weight is 271 g/mol. The number of hydrogen-bond acceptors (Lipinski definition) is 4. The van der Waals surface area contributed by atoms with Crippen molar-refractivity contribution in [1.29, 1.82) is 0 Å². The summed E-state index contributed by atoms with van der Waals surface area (Å²) in [5.41, 5.74) is 0.586. The minimum Gasteiger partial charge on any atom is -0.369 e. The second-order valence-electron chi connectivity index (χ2n) is 5.14. The topological polar surface area (TPSA) is 66.9 Å². The molecule has 0 aromatic carbocycles. The molecule has 1 rings (SSSR count). The summed E-state index contributed by atoms with van der Waals surface area (Å²) in [6.45, 7) is 8.20. The van der Waals surface area contributed by atoms with E-state index in [1.54, 1.807) is 6.07 Å². The number of aromatic nitrogens is 2. The van der Waals surface area contributed by atoms with Crippen molar-refractivity contribution < 1.29 is 4.79 Å². The molecule has 1 aromatic heterocycles. The summed E-state index contributed by atoms with van der Waals surface area (Å²) in [4.78, 5) is 19.6. The molecule has 1 aromatic rings. The van der Waals surface area contributed by atoms with Gasteiger partial charge in [-0.1, -0.05) is 0 Å². The Morgan fingerprint density at radius 2 is 2.06 bits per heavy atom. The lowest BCUT2D eigenvalue weighted by atomic mass is 10.1. The molecule has 100 valence electrons. The largest absolute Gasteiger partial charge is 0.369 e. The lowest BCUT2D eigenvalue weighted by molar-refractivity contribution is -0.122. The maximum absolute atomic E-state index is 11.6.